The highest BCUT2D eigenvalue weighted by Crippen LogP contribution is 2.28. The van der Waals surface area contributed by atoms with Crippen molar-refractivity contribution in [2.75, 3.05) is 0 Å². The van der Waals surface area contributed by atoms with Gasteiger partial charge in [0.15, 0.2) is 5.78 Å². The molecule has 1 N–H and O–H groups in total. The van der Waals surface area contributed by atoms with Gasteiger partial charge in [0, 0.05) is 12.5 Å². The van der Waals surface area contributed by atoms with Crippen molar-refractivity contribution >= 4 is 17.4 Å². The second kappa shape index (κ2) is 3.87. The number of nitrogens with zero attached hydrogens (tertiary/aromatic N) is 1. The van der Waals surface area contributed by atoms with Crippen molar-refractivity contribution in [3.05, 3.63) is 41.0 Å². The number of H-pyrrole nitrogens is 1. The zero-order valence-electron chi connectivity index (χ0n) is 8.12. The molecule has 0 radical (unpaired) electrons. The van der Waals surface area contributed by atoms with E-state index in [1.54, 1.807) is 0 Å². The van der Waals surface area contributed by atoms with Gasteiger partial charge in [-0.15, -0.1) is 0 Å². The summed E-state index contributed by atoms with van der Waals surface area (Å²) in [6.45, 7) is 1.45. The number of nitrogens with one attached hydrogen (secondary N) is 1. The highest BCUT2D eigenvalue weighted by molar-refractivity contribution is 6.36. The Morgan fingerprint density at radius 2 is 2.00 bits per heavy atom. The lowest BCUT2D eigenvalue weighted by atomic mass is 10.1. The lowest BCUT2D eigenvalue weighted by Gasteiger charge is -1.95. The van der Waals surface area contributed by atoms with E-state index in [9.17, 15) is 4.79 Å². The number of rotatable bonds is 2. The van der Waals surface area contributed by atoms with E-state index in [0.29, 0.717) is 16.4 Å². The molecule has 1 heterocycles. The fourth-order valence-corrected chi connectivity index (χ4v) is 1.68. The van der Waals surface area contributed by atoms with Crippen molar-refractivity contribution in [1.82, 2.24) is 10.2 Å². The first-order chi connectivity index (χ1) is 7.20. The van der Waals surface area contributed by atoms with Crippen LogP contribution in [0.25, 0.3) is 11.3 Å². The maximum absolute atomic E-state index is 11.2. The first-order valence-electron chi connectivity index (χ1n) is 4.50. The van der Waals surface area contributed by atoms with Crippen LogP contribution in [0, 0.1) is 0 Å². The first kappa shape index (κ1) is 9.93. The van der Waals surface area contributed by atoms with E-state index in [1.807, 2.05) is 30.3 Å². The minimum absolute atomic E-state index is 0.116. The molecule has 0 spiro atoms. The van der Waals surface area contributed by atoms with E-state index in [0.717, 1.165) is 5.56 Å². The minimum atomic E-state index is -0.116. The average Bonchev–Trinajstić information content (AvgIpc) is 2.61. The Labute approximate surface area is 92.1 Å². The molecule has 0 saturated carbocycles. The van der Waals surface area contributed by atoms with Crippen LogP contribution in [-0.4, -0.2) is 16.0 Å². The van der Waals surface area contributed by atoms with E-state index < -0.39 is 0 Å². The second-order valence-corrected chi connectivity index (χ2v) is 3.56. The molecule has 0 aliphatic heterocycles. The summed E-state index contributed by atoms with van der Waals surface area (Å²) in [5, 5.41) is 7.05. The molecule has 0 aliphatic carbocycles. The standard InChI is InChI=1S/C11H9ClN2O/c1-7(15)10-9(12)11(14-13-10)8-5-3-2-4-6-8/h2-6H,1H3,(H,13,14). The summed E-state index contributed by atoms with van der Waals surface area (Å²) in [4.78, 5) is 11.2. The van der Waals surface area contributed by atoms with Crippen LogP contribution in [0.15, 0.2) is 30.3 Å². The van der Waals surface area contributed by atoms with Gasteiger partial charge in [0.2, 0.25) is 0 Å². The van der Waals surface area contributed by atoms with Gasteiger partial charge in [-0.2, -0.15) is 5.10 Å². The third-order valence-electron chi connectivity index (χ3n) is 2.11. The maximum atomic E-state index is 11.2. The van der Waals surface area contributed by atoms with Gasteiger partial charge in [0.05, 0.1) is 5.02 Å². The highest BCUT2D eigenvalue weighted by Gasteiger charge is 2.15. The van der Waals surface area contributed by atoms with Gasteiger partial charge >= 0.3 is 0 Å². The van der Waals surface area contributed by atoms with Crippen molar-refractivity contribution in [3.63, 3.8) is 0 Å². The third kappa shape index (κ3) is 1.78. The minimum Gasteiger partial charge on any atom is -0.293 e. The van der Waals surface area contributed by atoms with Crippen LogP contribution < -0.4 is 0 Å². The first-order valence-corrected chi connectivity index (χ1v) is 4.88. The molecule has 0 saturated heterocycles. The molecule has 76 valence electrons. The predicted molar refractivity (Wildman–Crippen MR) is 59.0 cm³/mol. The highest BCUT2D eigenvalue weighted by atomic mass is 35.5. The van der Waals surface area contributed by atoms with Crippen LogP contribution in [0.3, 0.4) is 0 Å². The summed E-state index contributed by atoms with van der Waals surface area (Å²) in [6.07, 6.45) is 0. The summed E-state index contributed by atoms with van der Waals surface area (Å²) >= 11 is 6.04. The topological polar surface area (TPSA) is 45.8 Å². The average molecular weight is 221 g/mol. The Morgan fingerprint density at radius 3 is 2.53 bits per heavy atom. The third-order valence-corrected chi connectivity index (χ3v) is 2.47. The number of halogens is 1. The fourth-order valence-electron chi connectivity index (χ4n) is 1.35. The van der Waals surface area contributed by atoms with Gasteiger partial charge in [-0.25, -0.2) is 0 Å². The van der Waals surface area contributed by atoms with Crippen LogP contribution in [0.2, 0.25) is 5.02 Å². The Kier molecular flexibility index (Phi) is 2.56. The molecule has 0 unspecified atom stereocenters. The zero-order valence-corrected chi connectivity index (χ0v) is 8.88. The number of carbonyl (C=O) groups is 1. The molecular formula is C11H9ClN2O. The Morgan fingerprint density at radius 1 is 1.33 bits per heavy atom. The number of Topliss-reactive ketones (excluding diaryl/α,β-unsaturated/α-hetero) is 1. The number of aromatic amines is 1. The lowest BCUT2D eigenvalue weighted by molar-refractivity contribution is 0.101. The SMILES string of the molecule is CC(=O)c1[nH]nc(-c2ccccc2)c1Cl. The quantitative estimate of drug-likeness (QED) is 0.791. The Hall–Kier alpha value is -1.61. The number of hydrogen-bond donors (Lipinski definition) is 1. The van der Waals surface area contributed by atoms with E-state index in [2.05, 4.69) is 10.2 Å². The van der Waals surface area contributed by atoms with Crippen molar-refractivity contribution in [2.24, 2.45) is 0 Å². The zero-order chi connectivity index (χ0) is 10.8. The monoisotopic (exact) mass is 220 g/mol. The molecule has 0 aliphatic rings. The number of ketones is 1. The van der Waals surface area contributed by atoms with Crippen molar-refractivity contribution < 1.29 is 4.79 Å². The van der Waals surface area contributed by atoms with E-state index in [-0.39, 0.29) is 5.78 Å². The van der Waals surface area contributed by atoms with Gasteiger partial charge in [0.1, 0.15) is 11.4 Å². The lowest BCUT2D eigenvalue weighted by Crippen LogP contribution is -1.92. The molecule has 15 heavy (non-hydrogen) atoms. The molecule has 0 atom stereocenters. The van der Waals surface area contributed by atoms with Gasteiger partial charge in [0.25, 0.3) is 0 Å². The van der Waals surface area contributed by atoms with Crippen LogP contribution in [-0.2, 0) is 0 Å². The van der Waals surface area contributed by atoms with Crippen LogP contribution >= 0.6 is 11.6 Å². The summed E-state index contributed by atoms with van der Waals surface area (Å²) in [5.41, 5.74) is 1.87. The summed E-state index contributed by atoms with van der Waals surface area (Å²) in [5.74, 6) is -0.116. The van der Waals surface area contributed by atoms with Gasteiger partial charge < -0.3 is 0 Å². The molecule has 4 heteroatoms. The Balaban J connectivity index is 2.52. The molecule has 1 aromatic heterocycles. The molecule has 0 fully saturated rings. The van der Waals surface area contributed by atoms with Crippen LogP contribution in [0.4, 0.5) is 0 Å². The largest absolute Gasteiger partial charge is 0.293 e. The van der Waals surface area contributed by atoms with E-state index in [1.165, 1.54) is 6.92 Å². The fraction of sp³-hybridized carbons (Fsp3) is 0.0909. The molecule has 0 amide bonds. The van der Waals surface area contributed by atoms with Gasteiger partial charge in [-0.3, -0.25) is 9.89 Å². The van der Waals surface area contributed by atoms with E-state index >= 15 is 0 Å². The number of benzene rings is 1. The number of aromatic nitrogens is 2. The van der Waals surface area contributed by atoms with Crippen LogP contribution in [0.5, 0.6) is 0 Å². The smallest absolute Gasteiger partial charge is 0.179 e. The summed E-state index contributed by atoms with van der Waals surface area (Å²) < 4.78 is 0. The Bertz CT molecular complexity index is 491. The second-order valence-electron chi connectivity index (χ2n) is 3.18. The number of carbonyl (C=O) groups excluding carboxylic acids is 1. The van der Waals surface area contributed by atoms with Crippen molar-refractivity contribution in [1.29, 1.82) is 0 Å². The van der Waals surface area contributed by atoms with Gasteiger partial charge in [-0.1, -0.05) is 41.9 Å². The summed E-state index contributed by atoms with van der Waals surface area (Å²) in [7, 11) is 0. The van der Waals surface area contributed by atoms with Gasteiger partial charge in [-0.05, 0) is 0 Å². The van der Waals surface area contributed by atoms with E-state index in [4.69, 9.17) is 11.6 Å². The molecule has 0 bridgehead atoms. The molecular weight excluding hydrogens is 212 g/mol. The maximum Gasteiger partial charge on any atom is 0.179 e. The molecule has 2 rings (SSSR count). The van der Waals surface area contributed by atoms with Crippen LogP contribution in [0.1, 0.15) is 17.4 Å². The molecule has 2 aromatic rings. The molecule has 1 aromatic carbocycles. The van der Waals surface area contributed by atoms with Crippen molar-refractivity contribution in [3.8, 4) is 11.3 Å². The number of hydrogen-bond acceptors (Lipinski definition) is 2. The molecule has 3 nitrogen and oxygen atoms in total. The summed E-state index contributed by atoms with van der Waals surface area (Å²) in [6, 6.07) is 9.50. The van der Waals surface area contributed by atoms with Crippen molar-refractivity contribution in [2.45, 2.75) is 6.92 Å². The predicted octanol–water partition coefficient (Wildman–Crippen LogP) is 2.93. The normalized spacial score (nSPS) is 10.3.